The second-order valence-corrected chi connectivity index (χ2v) is 6.07. The summed E-state index contributed by atoms with van der Waals surface area (Å²) in [7, 11) is 1.60. The largest absolute Gasteiger partial charge is 0.365 e. The van der Waals surface area contributed by atoms with Gasteiger partial charge < -0.3 is 9.80 Å². The van der Waals surface area contributed by atoms with Crippen LogP contribution < -0.4 is 15.4 Å². The summed E-state index contributed by atoms with van der Waals surface area (Å²) in [5, 5.41) is 4.32. The van der Waals surface area contributed by atoms with E-state index in [1.54, 1.807) is 25.8 Å². The smallest absolute Gasteiger partial charge is 0.287 e. The summed E-state index contributed by atoms with van der Waals surface area (Å²) in [6.07, 6.45) is 6.14. The molecule has 2 unspecified atom stereocenters. The summed E-state index contributed by atoms with van der Waals surface area (Å²) in [4.78, 5) is 24.7. The molecule has 0 saturated carbocycles. The minimum atomic E-state index is -0.258. The van der Waals surface area contributed by atoms with Gasteiger partial charge in [0.05, 0.1) is 24.0 Å². The number of rotatable bonds is 2. The first-order chi connectivity index (χ1) is 10.6. The Hall–Kier alpha value is -2.15. The van der Waals surface area contributed by atoms with Crippen molar-refractivity contribution in [2.45, 2.75) is 18.5 Å². The molecular weight excluding hydrogens is 304 g/mol. The fraction of sp³-hybridized carbons (Fsp3) is 0.429. The Labute approximate surface area is 132 Å². The predicted octanol–water partition coefficient (Wildman–Crippen LogP) is 0.691. The second-order valence-electron chi connectivity index (χ2n) is 5.70. The number of piperazine rings is 1. The van der Waals surface area contributed by atoms with Gasteiger partial charge in [-0.15, -0.1) is 0 Å². The van der Waals surface area contributed by atoms with Crippen LogP contribution in [0.25, 0.3) is 0 Å². The van der Waals surface area contributed by atoms with E-state index in [1.165, 1.54) is 4.68 Å². The maximum absolute atomic E-state index is 11.9. The number of anilines is 2. The first-order valence-corrected chi connectivity index (χ1v) is 7.54. The van der Waals surface area contributed by atoms with Crippen molar-refractivity contribution in [3.05, 3.63) is 40.2 Å². The summed E-state index contributed by atoms with van der Waals surface area (Å²) in [5.41, 5.74) is 0.466. The summed E-state index contributed by atoms with van der Waals surface area (Å²) >= 11 is 6.20. The Balaban J connectivity index is 1.58. The van der Waals surface area contributed by atoms with Gasteiger partial charge in [-0.1, -0.05) is 11.6 Å². The van der Waals surface area contributed by atoms with E-state index in [0.29, 0.717) is 12.1 Å². The number of piperidine rings is 1. The van der Waals surface area contributed by atoms with Gasteiger partial charge in [0.2, 0.25) is 0 Å². The van der Waals surface area contributed by atoms with E-state index in [2.05, 4.69) is 24.9 Å². The molecule has 0 aromatic carbocycles. The van der Waals surface area contributed by atoms with E-state index in [4.69, 9.17) is 11.6 Å². The summed E-state index contributed by atoms with van der Waals surface area (Å²) in [6, 6.07) is 2.70. The molecule has 2 bridgehead atoms. The van der Waals surface area contributed by atoms with E-state index in [0.717, 1.165) is 31.0 Å². The fourth-order valence-electron chi connectivity index (χ4n) is 3.34. The van der Waals surface area contributed by atoms with Crippen LogP contribution in [0.1, 0.15) is 6.42 Å². The Morgan fingerprint density at radius 1 is 1.32 bits per heavy atom. The Morgan fingerprint density at radius 3 is 2.77 bits per heavy atom. The van der Waals surface area contributed by atoms with Gasteiger partial charge in [-0.05, 0) is 12.5 Å². The lowest BCUT2D eigenvalue weighted by molar-refractivity contribution is 0.288. The zero-order chi connectivity index (χ0) is 15.3. The number of halogens is 1. The van der Waals surface area contributed by atoms with Crippen LogP contribution in [-0.2, 0) is 7.05 Å². The van der Waals surface area contributed by atoms with Crippen molar-refractivity contribution >= 4 is 23.1 Å². The number of fused-ring (bicyclic) bond motifs is 2. The topological polar surface area (TPSA) is 67.2 Å². The minimum absolute atomic E-state index is 0.243. The van der Waals surface area contributed by atoms with Crippen LogP contribution >= 0.6 is 11.6 Å². The van der Waals surface area contributed by atoms with E-state index in [-0.39, 0.29) is 10.6 Å². The minimum Gasteiger partial charge on any atom is -0.365 e. The highest BCUT2D eigenvalue weighted by molar-refractivity contribution is 6.33. The fourth-order valence-corrected chi connectivity index (χ4v) is 3.63. The molecule has 3 fully saturated rings. The maximum atomic E-state index is 11.9. The number of hydrogen-bond donors (Lipinski definition) is 0. The molecule has 0 spiro atoms. The van der Waals surface area contributed by atoms with Gasteiger partial charge in [0.25, 0.3) is 5.56 Å². The molecule has 2 aromatic heterocycles. The van der Waals surface area contributed by atoms with Crippen LogP contribution in [0.4, 0.5) is 11.5 Å². The van der Waals surface area contributed by atoms with Gasteiger partial charge in [-0.25, -0.2) is 14.6 Å². The van der Waals surface area contributed by atoms with E-state index < -0.39 is 0 Å². The van der Waals surface area contributed by atoms with Crippen molar-refractivity contribution in [3.63, 3.8) is 0 Å². The van der Waals surface area contributed by atoms with Gasteiger partial charge in [0, 0.05) is 26.3 Å². The van der Waals surface area contributed by atoms with Crippen molar-refractivity contribution in [3.8, 4) is 0 Å². The highest BCUT2D eigenvalue weighted by Gasteiger charge is 2.45. The lowest BCUT2D eigenvalue weighted by Crippen LogP contribution is -2.69. The monoisotopic (exact) mass is 318 g/mol. The molecular formula is C14H15ClN6O. The Morgan fingerprint density at radius 2 is 2.09 bits per heavy atom. The molecule has 8 heteroatoms. The third-order valence-electron chi connectivity index (χ3n) is 4.42. The van der Waals surface area contributed by atoms with Gasteiger partial charge >= 0.3 is 0 Å². The lowest BCUT2D eigenvalue weighted by Gasteiger charge is -2.57. The van der Waals surface area contributed by atoms with Gasteiger partial charge in [0.15, 0.2) is 0 Å². The second kappa shape index (κ2) is 4.95. The zero-order valence-electron chi connectivity index (χ0n) is 12.1. The molecule has 5 heterocycles. The highest BCUT2D eigenvalue weighted by Crippen LogP contribution is 2.38. The molecule has 0 radical (unpaired) electrons. The molecule has 2 atom stereocenters. The molecule has 7 nitrogen and oxygen atoms in total. The number of nitrogens with zero attached hydrogens (tertiary/aromatic N) is 6. The van der Waals surface area contributed by atoms with Crippen molar-refractivity contribution in [1.29, 1.82) is 0 Å². The van der Waals surface area contributed by atoms with Crippen molar-refractivity contribution in [1.82, 2.24) is 19.7 Å². The lowest BCUT2D eigenvalue weighted by atomic mass is 9.87. The molecule has 114 valence electrons. The molecule has 0 aliphatic carbocycles. The first kappa shape index (κ1) is 13.5. The van der Waals surface area contributed by atoms with Gasteiger partial charge in [-0.3, -0.25) is 4.79 Å². The average molecular weight is 319 g/mol. The molecule has 3 aliphatic heterocycles. The highest BCUT2D eigenvalue weighted by atomic mass is 35.5. The molecule has 3 aliphatic rings. The third kappa shape index (κ3) is 1.96. The summed E-state index contributed by atoms with van der Waals surface area (Å²) in [6.45, 7) is 1.63. The summed E-state index contributed by atoms with van der Waals surface area (Å²) < 4.78 is 1.25. The molecule has 3 saturated heterocycles. The van der Waals surface area contributed by atoms with E-state index >= 15 is 0 Å². The molecule has 0 N–H and O–H groups in total. The van der Waals surface area contributed by atoms with Crippen LogP contribution in [0.3, 0.4) is 0 Å². The Kier molecular flexibility index (Phi) is 3.04. The van der Waals surface area contributed by atoms with E-state index in [1.807, 2.05) is 6.07 Å². The van der Waals surface area contributed by atoms with Crippen LogP contribution in [0.5, 0.6) is 0 Å². The third-order valence-corrected chi connectivity index (χ3v) is 4.78. The van der Waals surface area contributed by atoms with Crippen LogP contribution in [0.2, 0.25) is 5.02 Å². The van der Waals surface area contributed by atoms with Crippen LogP contribution in [0.15, 0.2) is 29.6 Å². The quantitative estimate of drug-likeness (QED) is 0.811. The van der Waals surface area contributed by atoms with Crippen molar-refractivity contribution in [2.75, 3.05) is 22.9 Å². The standard InChI is InChI=1S/C14H15ClN6O/c1-19-14(22)13(15)11(5-18-19)20-6-9-4-10(7-20)21(9)12-2-3-16-8-17-12/h2-3,5,8-10H,4,6-7H2,1H3. The molecule has 2 aromatic rings. The molecule has 0 amide bonds. The SMILES string of the molecule is Cn1ncc(N2CC3CC(C2)N3c2ccncn2)c(Cl)c1=O. The first-order valence-electron chi connectivity index (χ1n) is 7.16. The molecule has 5 rings (SSSR count). The summed E-state index contributed by atoms with van der Waals surface area (Å²) in [5.74, 6) is 0.962. The normalized spacial score (nSPS) is 23.4. The van der Waals surface area contributed by atoms with Crippen LogP contribution in [0, 0.1) is 0 Å². The number of hydrogen-bond acceptors (Lipinski definition) is 6. The van der Waals surface area contributed by atoms with E-state index in [9.17, 15) is 4.79 Å². The van der Waals surface area contributed by atoms with Crippen molar-refractivity contribution < 1.29 is 0 Å². The average Bonchev–Trinajstić information content (AvgIpc) is 2.54. The number of aryl methyl sites for hydroxylation is 1. The zero-order valence-corrected chi connectivity index (χ0v) is 12.8. The molecule has 22 heavy (non-hydrogen) atoms. The van der Waals surface area contributed by atoms with Crippen LogP contribution in [-0.4, -0.2) is 44.9 Å². The predicted molar refractivity (Wildman–Crippen MR) is 83.4 cm³/mol. The van der Waals surface area contributed by atoms with Gasteiger partial charge in [0.1, 0.15) is 17.2 Å². The number of aromatic nitrogens is 4. The Bertz CT molecular complexity index is 752. The van der Waals surface area contributed by atoms with Gasteiger partial charge in [-0.2, -0.15) is 5.10 Å². The van der Waals surface area contributed by atoms with Crippen molar-refractivity contribution in [2.24, 2.45) is 7.05 Å². The maximum Gasteiger partial charge on any atom is 0.287 e.